The molecule has 1 amide bonds. The fourth-order valence-electron chi connectivity index (χ4n) is 1.92. The summed E-state index contributed by atoms with van der Waals surface area (Å²) in [6.07, 6.45) is 4.35. The SMILES string of the molecule is CCn1ccc(/C=C2/NC(=S)N(CCCOC)C2=O)n1. The normalized spacial score (nSPS) is 17.1. The van der Waals surface area contributed by atoms with Gasteiger partial charge in [0, 0.05) is 33.0 Å². The quantitative estimate of drug-likeness (QED) is 0.482. The van der Waals surface area contributed by atoms with Gasteiger partial charge >= 0.3 is 0 Å². The molecule has 0 aromatic carbocycles. The fourth-order valence-corrected chi connectivity index (χ4v) is 2.20. The molecule has 0 spiro atoms. The Bertz CT molecular complexity index is 538. The minimum atomic E-state index is -0.114. The van der Waals surface area contributed by atoms with Crippen molar-refractivity contribution in [2.45, 2.75) is 19.9 Å². The first-order valence-corrected chi connectivity index (χ1v) is 6.93. The molecule has 0 bridgehead atoms. The fraction of sp³-hybridized carbons (Fsp3) is 0.462. The molecule has 1 aromatic heterocycles. The number of rotatable bonds is 6. The van der Waals surface area contributed by atoms with Gasteiger partial charge in [-0.2, -0.15) is 5.10 Å². The van der Waals surface area contributed by atoms with E-state index in [-0.39, 0.29) is 5.91 Å². The maximum Gasteiger partial charge on any atom is 0.276 e. The molecular formula is C13H18N4O2S. The van der Waals surface area contributed by atoms with Gasteiger partial charge in [0.2, 0.25) is 0 Å². The predicted octanol–water partition coefficient (Wildman–Crippen LogP) is 0.997. The largest absolute Gasteiger partial charge is 0.385 e. The summed E-state index contributed by atoms with van der Waals surface area (Å²) in [7, 11) is 1.64. The lowest BCUT2D eigenvalue weighted by Crippen LogP contribution is -2.32. The first kappa shape index (κ1) is 14.7. The van der Waals surface area contributed by atoms with Crippen molar-refractivity contribution in [3.8, 4) is 0 Å². The van der Waals surface area contributed by atoms with Crippen molar-refractivity contribution in [3.05, 3.63) is 23.7 Å². The first-order chi connectivity index (χ1) is 9.65. The van der Waals surface area contributed by atoms with Crippen molar-refractivity contribution in [3.63, 3.8) is 0 Å². The highest BCUT2D eigenvalue weighted by molar-refractivity contribution is 7.80. The molecule has 1 aliphatic rings. The summed E-state index contributed by atoms with van der Waals surface area (Å²) in [4.78, 5) is 13.8. The molecule has 2 rings (SSSR count). The van der Waals surface area contributed by atoms with Gasteiger partial charge in [0.1, 0.15) is 5.70 Å². The van der Waals surface area contributed by atoms with E-state index in [0.29, 0.717) is 24.0 Å². The minimum Gasteiger partial charge on any atom is -0.385 e. The van der Waals surface area contributed by atoms with E-state index >= 15 is 0 Å². The van der Waals surface area contributed by atoms with Crippen LogP contribution < -0.4 is 5.32 Å². The van der Waals surface area contributed by atoms with Crippen LogP contribution in [0.4, 0.5) is 0 Å². The highest BCUT2D eigenvalue weighted by Crippen LogP contribution is 2.13. The van der Waals surface area contributed by atoms with Crippen LogP contribution in [0.3, 0.4) is 0 Å². The van der Waals surface area contributed by atoms with Gasteiger partial charge in [-0.3, -0.25) is 14.4 Å². The Labute approximate surface area is 123 Å². The molecule has 0 unspecified atom stereocenters. The molecule has 0 radical (unpaired) electrons. The lowest BCUT2D eigenvalue weighted by molar-refractivity contribution is -0.122. The van der Waals surface area contributed by atoms with E-state index in [9.17, 15) is 4.79 Å². The summed E-state index contributed by atoms with van der Waals surface area (Å²) in [5.41, 5.74) is 1.21. The van der Waals surface area contributed by atoms with E-state index in [2.05, 4.69) is 10.4 Å². The third-order valence-corrected chi connectivity index (χ3v) is 3.29. The number of amides is 1. The maximum absolute atomic E-state index is 12.2. The zero-order valence-corrected chi connectivity index (χ0v) is 12.4. The van der Waals surface area contributed by atoms with Crippen LogP contribution in [0.15, 0.2) is 18.0 Å². The van der Waals surface area contributed by atoms with Crippen molar-refractivity contribution in [2.75, 3.05) is 20.3 Å². The van der Waals surface area contributed by atoms with E-state index in [0.717, 1.165) is 18.7 Å². The number of carbonyl (C=O) groups excluding carboxylic acids is 1. The Balaban J connectivity index is 2.06. The third-order valence-electron chi connectivity index (χ3n) is 2.97. The van der Waals surface area contributed by atoms with Crippen LogP contribution in [0, 0.1) is 0 Å². The average Bonchev–Trinajstić information content (AvgIpc) is 2.99. The van der Waals surface area contributed by atoms with E-state index in [1.807, 2.05) is 19.2 Å². The second kappa shape index (κ2) is 6.62. The molecule has 1 saturated heterocycles. The second-order valence-electron chi connectivity index (χ2n) is 4.39. The molecule has 0 saturated carbocycles. The minimum absolute atomic E-state index is 0.114. The van der Waals surface area contributed by atoms with Gasteiger partial charge in [-0.1, -0.05) is 0 Å². The molecule has 1 aromatic rings. The number of carbonyl (C=O) groups is 1. The van der Waals surface area contributed by atoms with E-state index in [1.165, 1.54) is 0 Å². The number of aromatic nitrogens is 2. The van der Waals surface area contributed by atoms with Crippen molar-refractivity contribution in [1.82, 2.24) is 20.0 Å². The third kappa shape index (κ3) is 3.23. The van der Waals surface area contributed by atoms with Crippen molar-refractivity contribution in [1.29, 1.82) is 0 Å². The van der Waals surface area contributed by atoms with E-state index < -0.39 is 0 Å². The van der Waals surface area contributed by atoms with Gasteiger partial charge in [-0.25, -0.2) is 0 Å². The molecule has 6 nitrogen and oxygen atoms in total. The highest BCUT2D eigenvalue weighted by atomic mass is 32.1. The molecule has 108 valence electrons. The molecule has 20 heavy (non-hydrogen) atoms. The van der Waals surface area contributed by atoms with Crippen LogP contribution >= 0.6 is 12.2 Å². The lowest BCUT2D eigenvalue weighted by atomic mass is 10.3. The predicted molar refractivity (Wildman–Crippen MR) is 79.8 cm³/mol. The van der Waals surface area contributed by atoms with Gasteiger partial charge < -0.3 is 10.1 Å². The number of nitrogens with zero attached hydrogens (tertiary/aromatic N) is 3. The maximum atomic E-state index is 12.2. The Kier molecular flexibility index (Phi) is 4.86. The topological polar surface area (TPSA) is 59.4 Å². The monoisotopic (exact) mass is 294 g/mol. The Hall–Kier alpha value is -1.73. The molecule has 0 atom stereocenters. The van der Waals surface area contributed by atoms with Crippen molar-refractivity contribution < 1.29 is 9.53 Å². The molecule has 1 aliphatic heterocycles. The van der Waals surface area contributed by atoms with Crippen LogP contribution in [-0.4, -0.2) is 46.0 Å². The van der Waals surface area contributed by atoms with Crippen molar-refractivity contribution in [2.24, 2.45) is 0 Å². The number of ether oxygens (including phenoxy) is 1. The average molecular weight is 294 g/mol. The number of nitrogens with one attached hydrogen (secondary N) is 1. The van der Waals surface area contributed by atoms with Crippen LogP contribution in [0.1, 0.15) is 19.0 Å². The molecule has 1 fully saturated rings. The van der Waals surface area contributed by atoms with Gasteiger partial charge in [0.05, 0.1) is 5.69 Å². The lowest BCUT2D eigenvalue weighted by Gasteiger charge is -2.12. The smallest absolute Gasteiger partial charge is 0.276 e. The summed E-state index contributed by atoms with van der Waals surface area (Å²) < 4.78 is 6.79. The molecule has 0 aliphatic carbocycles. The summed E-state index contributed by atoms with van der Waals surface area (Å²) >= 11 is 5.18. The number of thiocarbonyl (C=S) groups is 1. The standard InChI is InChI=1S/C13H18N4O2S/c1-3-16-7-5-10(15-16)9-11-12(18)17(13(20)14-11)6-4-8-19-2/h5,7,9H,3-4,6,8H2,1-2H3,(H,14,20)/b11-9+. The van der Waals surface area contributed by atoms with Gasteiger partial charge in [0.15, 0.2) is 5.11 Å². The molecular weight excluding hydrogens is 276 g/mol. The van der Waals surface area contributed by atoms with Gasteiger partial charge in [-0.15, -0.1) is 0 Å². The molecule has 7 heteroatoms. The Morgan fingerprint density at radius 1 is 1.55 bits per heavy atom. The number of aryl methyl sites for hydroxylation is 1. The van der Waals surface area contributed by atoms with Gasteiger partial charge in [0.25, 0.3) is 5.91 Å². The van der Waals surface area contributed by atoms with Crippen LogP contribution in [0.25, 0.3) is 6.08 Å². The Morgan fingerprint density at radius 2 is 2.35 bits per heavy atom. The summed E-state index contributed by atoms with van der Waals surface area (Å²) in [6, 6.07) is 1.86. The number of methoxy groups -OCH3 is 1. The summed E-state index contributed by atoms with van der Waals surface area (Å²) in [6.45, 7) is 3.97. The van der Waals surface area contributed by atoms with Crippen LogP contribution in [0.5, 0.6) is 0 Å². The first-order valence-electron chi connectivity index (χ1n) is 6.52. The molecule has 2 heterocycles. The molecule has 1 N–H and O–H groups in total. The van der Waals surface area contributed by atoms with Crippen molar-refractivity contribution >= 4 is 29.3 Å². The summed E-state index contributed by atoms with van der Waals surface area (Å²) in [5.74, 6) is -0.114. The number of hydrogen-bond acceptors (Lipinski definition) is 4. The Morgan fingerprint density at radius 3 is 3.00 bits per heavy atom. The van der Waals surface area contributed by atoms with E-state index in [1.54, 1.807) is 22.8 Å². The second-order valence-corrected chi connectivity index (χ2v) is 4.77. The van der Waals surface area contributed by atoms with Crippen LogP contribution in [-0.2, 0) is 16.1 Å². The van der Waals surface area contributed by atoms with E-state index in [4.69, 9.17) is 17.0 Å². The van der Waals surface area contributed by atoms with Crippen LogP contribution in [0.2, 0.25) is 0 Å². The number of hydrogen-bond donors (Lipinski definition) is 1. The van der Waals surface area contributed by atoms with Gasteiger partial charge in [-0.05, 0) is 37.7 Å². The highest BCUT2D eigenvalue weighted by Gasteiger charge is 2.30. The summed E-state index contributed by atoms with van der Waals surface area (Å²) in [5, 5.41) is 7.69. The zero-order chi connectivity index (χ0) is 14.5. The zero-order valence-electron chi connectivity index (χ0n) is 11.6.